The number of ether oxygens (including phenoxy) is 1. The van der Waals surface area contributed by atoms with E-state index < -0.39 is 0 Å². The maximum Gasteiger partial charge on any atom is 0.191 e. The van der Waals surface area contributed by atoms with Gasteiger partial charge in [-0.1, -0.05) is 25.3 Å². The molecule has 2 heterocycles. The molecule has 0 amide bonds. The fourth-order valence-corrected chi connectivity index (χ4v) is 4.42. The number of rotatable bonds is 13. The molecule has 1 aliphatic heterocycles. The second-order valence-corrected chi connectivity index (χ2v) is 8.88. The number of aliphatic imine (C=N–C) groups is 1. The van der Waals surface area contributed by atoms with Crippen molar-refractivity contribution < 1.29 is 4.74 Å². The SMILES string of the molecule is CCNC(=NCC(c1cccs1)N1CCOCC1)NCCCCCCCN(C)C. The zero-order valence-electron chi connectivity index (χ0n) is 18.7. The first-order chi connectivity index (χ1) is 14.2. The van der Waals surface area contributed by atoms with Gasteiger partial charge in [-0.15, -0.1) is 11.3 Å². The smallest absolute Gasteiger partial charge is 0.191 e. The monoisotopic (exact) mass is 423 g/mol. The number of hydrogen-bond acceptors (Lipinski definition) is 5. The fourth-order valence-electron chi connectivity index (χ4n) is 3.57. The van der Waals surface area contributed by atoms with Crippen molar-refractivity contribution in [1.29, 1.82) is 0 Å². The van der Waals surface area contributed by atoms with E-state index in [1.54, 1.807) is 0 Å². The molecule has 1 aromatic rings. The lowest BCUT2D eigenvalue weighted by atomic mass is 10.1. The predicted molar refractivity (Wildman–Crippen MR) is 125 cm³/mol. The van der Waals surface area contributed by atoms with Gasteiger partial charge in [-0.05, 0) is 51.9 Å². The van der Waals surface area contributed by atoms with E-state index >= 15 is 0 Å². The Morgan fingerprint density at radius 2 is 1.93 bits per heavy atom. The Balaban J connectivity index is 1.76. The van der Waals surface area contributed by atoms with Gasteiger partial charge in [-0.2, -0.15) is 0 Å². The van der Waals surface area contributed by atoms with Crippen molar-refractivity contribution in [2.45, 2.75) is 45.1 Å². The molecule has 6 nitrogen and oxygen atoms in total. The predicted octanol–water partition coefficient (Wildman–Crippen LogP) is 3.19. The van der Waals surface area contributed by atoms with Gasteiger partial charge in [-0.25, -0.2) is 0 Å². The van der Waals surface area contributed by atoms with Crippen LogP contribution in [-0.2, 0) is 4.74 Å². The first-order valence-corrected chi connectivity index (χ1v) is 12.1. The summed E-state index contributed by atoms with van der Waals surface area (Å²) in [6.45, 7) is 9.58. The highest BCUT2D eigenvalue weighted by atomic mass is 32.1. The Hall–Kier alpha value is -1.15. The Kier molecular flexibility index (Phi) is 12.3. The summed E-state index contributed by atoms with van der Waals surface area (Å²) >= 11 is 1.83. The van der Waals surface area contributed by atoms with E-state index in [0.29, 0.717) is 6.04 Å². The summed E-state index contributed by atoms with van der Waals surface area (Å²) in [6, 6.07) is 4.71. The van der Waals surface area contributed by atoms with Crippen molar-refractivity contribution >= 4 is 17.3 Å². The van der Waals surface area contributed by atoms with E-state index in [0.717, 1.165) is 51.9 Å². The van der Waals surface area contributed by atoms with Crippen molar-refractivity contribution in [3.63, 3.8) is 0 Å². The summed E-state index contributed by atoms with van der Waals surface area (Å²) in [5.41, 5.74) is 0. The summed E-state index contributed by atoms with van der Waals surface area (Å²) in [5, 5.41) is 9.09. The van der Waals surface area contributed by atoms with Crippen LogP contribution >= 0.6 is 11.3 Å². The normalized spacial score (nSPS) is 16.9. The third-order valence-electron chi connectivity index (χ3n) is 5.20. The summed E-state index contributed by atoms with van der Waals surface area (Å²) in [6.07, 6.45) is 6.43. The zero-order valence-corrected chi connectivity index (χ0v) is 19.5. The third kappa shape index (κ3) is 9.94. The maximum atomic E-state index is 5.54. The number of nitrogens with zero attached hydrogens (tertiary/aromatic N) is 3. The largest absolute Gasteiger partial charge is 0.379 e. The molecule has 0 bridgehead atoms. The summed E-state index contributed by atoms with van der Waals surface area (Å²) in [4.78, 5) is 11.1. The van der Waals surface area contributed by atoms with Crippen molar-refractivity contribution in [3.8, 4) is 0 Å². The van der Waals surface area contributed by atoms with Crippen molar-refractivity contribution in [1.82, 2.24) is 20.4 Å². The van der Waals surface area contributed by atoms with Gasteiger partial charge in [0.1, 0.15) is 0 Å². The Labute approximate surface area is 181 Å². The van der Waals surface area contributed by atoms with E-state index in [1.807, 2.05) is 11.3 Å². The lowest BCUT2D eigenvalue weighted by Gasteiger charge is -2.33. The van der Waals surface area contributed by atoms with Crippen LogP contribution in [0.15, 0.2) is 22.5 Å². The zero-order chi connectivity index (χ0) is 20.7. The van der Waals surface area contributed by atoms with Crippen LogP contribution in [0, 0.1) is 0 Å². The van der Waals surface area contributed by atoms with E-state index in [2.05, 4.69) is 59.0 Å². The molecule has 1 saturated heterocycles. The molecule has 1 fully saturated rings. The Morgan fingerprint density at radius 1 is 1.17 bits per heavy atom. The summed E-state index contributed by atoms with van der Waals surface area (Å²) in [5.74, 6) is 0.940. The minimum Gasteiger partial charge on any atom is -0.379 e. The Morgan fingerprint density at radius 3 is 2.62 bits per heavy atom. The molecule has 0 aliphatic carbocycles. The molecule has 1 unspecified atom stereocenters. The van der Waals surface area contributed by atoms with Gasteiger partial charge >= 0.3 is 0 Å². The standard InChI is InChI=1S/C22H41N5OS/c1-4-23-22(24-12-8-6-5-7-9-13-26(2)3)25-19-20(21-11-10-18-29-21)27-14-16-28-17-15-27/h10-11,18,20H,4-9,12-17,19H2,1-3H3,(H2,23,24,25). The van der Waals surface area contributed by atoms with Gasteiger partial charge in [0.15, 0.2) is 5.96 Å². The highest BCUT2D eigenvalue weighted by Gasteiger charge is 2.23. The van der Waals surface area contributed by atoms with Gasteiger partial charge in [0.05, 0.1) is 25.8 Å². The molecule has 1 aliphatic rings. The molecule has 1 aromatic heterocycles. The van der Waals surface area contributed by atoms with E-state index in [4.69, 9.17) is 9.73 Å². The van der Waals surface area contributed by atoms with Gasteiger partial charge in [0.2, 0.25) is 0 Å². The lowest BCUT2D eigenvalue weighted by Crippen LogP contribution is -2.41. The number of hydrogen-bond donors (Lipinski definition) is 2. The van der Waals surface area contributed by atoms with E-state index in [-0.39, 0.29) is 0 Å². The van der Waals surface area contributed by atoms with Crippen LogP contribution in [0.4, 0.5) is 0 Å². The molecule has 0 spiro atoms. The number of guanidine groups is 1. The second-order valence-electron chi connectivity index (χ2n) is 7.90. The van der Waals surface area contributed by atoms with Crippen LogP contribution in [0.1, 0.15) is 49.9 Å². The van der Waals surface area contributed by atoms with E-state index in [1.165, 1.54) is 43.5 Å². The molecule has 1 atom stereocenters. The van der Waals surface area contributed by atoms with E-state index in [9.17, 15) is 0 Å². The number of thiophene rings is 1. The minimum absolute atomic E-state index is 0.339. The van der Waals surface area contributed by atoms with Crippen molar-refractivity contribution in [2.75, 3.05) is 66.6 Å². The number of nitrogens with one attached hydrogen (secondary N) is 2. The highest BCUT2D eigenvalue weighted by Crippen LogP contribution is 2.26. The fraction of sp³-hybridized carbons (Fsp3) is 0.773. The topological polar surface area (TPSA) is 52.1 Å². The molecule has 29 heavy (non-hydrogen) atoms. The quantitative estimate of drug-likeness (QED) is 0.290. The van der Waals surface area contributed by atoms with Crippen LogP contribution in [0.3, 0.4) is 0 Å². The maximum absolute atomic E-state index is 5.54. The van der Waals surface area contributed by atoms with Crippen LogP contribution in [0.5, 0.6) is 0 Å². The van der Waals surface area contributed by atoms with Gasteiger partial charge in [-0.3, -0.25) is 9.89 Å². The molecular weight excluding hydrogens is 382 g/mol. The first-order valence-electron chi connectivity index (χ1n) is 11.2. The Bertz CT molecular complexity index is 543. The molecule has 166 valence electrons. The molecule has 2 N–H and O–H groups in total. The lowest BCUT2D eigenvalue weighted by molar-refractivity contribution is 0.0186. The molecular formula is C22H41N5OS. The first kappa shape index (κ1) is 24.1. The van der Waals surface area contributed by atoms with Crippen LogP contribution in [-0.4, -0.2) is 82.3 Å². The van der Waals surface area contributed by atoms with Gasteiger partial charge < -0.3 is 20.3 Å². The summed E-state index contributed by atoms with van der Waals surface area (Å²) in [7, 11) is 4.29. The number of morpholine rings is 1. The highest BCUT2D eigenvalue weighted by molar-refractivity contribution is 7.10. The van der Waals surface area contributed by atoms with Crippen LogP contribution < -0.4 is 10.6 Å². The average molecular weight is 424 g/mol. The van der Waals surface area contributed by atoms with Gasteiger partial charge in [0.25, 0.3) is 0 Å². The van der Waals surface area contributed by atoms with Crippen molar-refractivity contribution in [2.24, 2.45) is 4.99 Å². The molecule has 0 radical (unpaired) electrons. The second kappa shape index (κ2) is 14.8. The average Bonchev–Trinajstić information content (AvgIpc) is 3.25. The third-order valence-corrected chi connectivity index (χ3v) is 6.17. The van der Waals surface area contributed by atoms with Crippen LogP contribution in [0.2, 0.25) is 0 Å². The van der Waals surface area contributed by atoms with Crippen molar-refractivity contribution in [3.05, 3.63) is 22.4 Å². The van der Waals surface area contributed by atoms with Crippen LogP contribution in [0.25, 0.3) is 0 Å². The summed E-state index contributed by atoms with van der Waals surface area (Å²) < 4.78 is 5.54. The molecule has 2 rings (SSSR count). The molecule has 0 saturated carbocycles. The minimum atomic E-state index is 0.339. The molecule has 0 aromatic carbocycles. The molecule has 7 heteroatoms. The van der Waals surface area contributed by atoms with Gasteiger partial charge in [0, 0.05) is 31.1 Å². The number of unbranched alkanes of at least 4 members (excludes halogenated alkanes) is 4.